The van der Waals surface area contributed by atoms with Crippen molar-refractivity contribution in [3.8, 4) is 22.5 Å². The zero-order valence-electron chi connectivity index (χ0n) is 15.2. The molecule has 3 aromatic rings. The van der Waals surface area contributed by atoms with Crippen LogP contribution in [0.25, 0.3) is 22.5 Å². The van der Waals surface area contributed by atoms with Crippen LogP contribution in [-0.2, 0) is 13.1 Å². The molecule has 138 valence electrons. The molecule has 0 aliphatic rings. The van der Waals surface area contributed by atoms with Crippen LogP contribution in [0.3, 0.4) is 0 Å². The first-order chi connectivity index (χ1) is 12.7. The molecule has 0 saturated carbocycles. The van der Waals surface area contributed by atoms with Gasteiger partial charge in [0.1, 0.15) is 13.1 Å². The zero-order valence-corrected chi connectivity index (χ0v) is 15.2. The molecule has 26 heavy (non-hydrogen) atoms. The Balaban J connectivity index is 2.03. The molecular weight excluding hydrogens is 332 g/mol. The molecule has 0 atom stereocenters. The summed E-state index contributed by atoms with van der Waals surface area (Å²) < 4.78 is 13.6. The minimum atomic E-state index is 0.0357. The highest BCUT2D eigenvalue weighted by atomic mass is 16.5. The molecule has 0 fully saturated rings. The van der Waals surface area contributed by atoms with E-state index in [0.717, 1.165) is 36.8 Å². The molecule has 0 aliphatic carbocycles. The van der Waals surface area contributed by atoms with Gasteiger partial charge >= 0.3 is 0 Å². The number of nitrogens with zero attached hydrogens (tertiary/aromatic N) is 4. The van der Waals surface area contributed by atoms with Crippen molar-refractivity contribution < 1.29 is 18.4 Å². The molecule has 3 rings (SSSR count). The summed E-state index contributed by atoms with van der Waals surface area (Å²) in [5.74, 6) is 0. The third kappa shape index (κ3) is 3.54. The highest BCUT2D eigenvalue weighted by Gasteiger charge is 2.19. The lowest BCUT2D eigenvalue weighted by Gasteiger charge is -2.04. The largest absolute Gasteiger partial charge is 0.486 e. The van der Waals surface area contributed by atoms with Crippen LogP contribution in [0, 0.1) is 10.8 Å². The van der Waals surface area contributed by atoms with Crippen molar-refractivity contribution in [1.82, 2.24) is 10.5 Å². The maximum Gasteiger partial charge on any atom is 0.273 e. The van der Waals surface area contributed by atoms with Crippen LogP contribution in [-0.4, -0.2) is 0 Å². The summed E-state index contributed by atoms with van der Waals surface area (Å²) in [6.07, 6.45) is 3.99. The number of aromatic nitrogens is 4. The van der Waals surface area contributed by atoms with Gasteiger partial charge in [0.25, 0.3) is 22.5 Å². The summed E-state index contributed by atoms with van der Waals surface area (Å²) in [6.45, 7) is 5.62. The fraction of sp³-hybridized carbons (Fsp3) is 0.444. The predicted molar refractivity (Wildman–Crippen MR) is 90.4 cm³/mol. The molecular formula is C18H24N6O2. The standard InChI is InChI=1S/C18H24N6O2/c1-3-5-10-23-15(17(19)25-21-23)13-8-7-9-14(12-13)16-18(20)26-22-24(16)11-6-4-2/h7-9,12,19-20H,3-6,10-11H2,1-2H3. The summed E-state index contributed by atoms with van der Waals surface area (Å²) in [5, 5.41) is 24.1. The second kappa shape index (κ2) is 7.99. The first-order valence-electron chi connectivity index (χ1n) is 8.99. The summed E-state index contributed by atoms with van der Waals surface area (Å²) in [5.41, 5.74) is 3.01. The second-order valence-electron chi connectivity index (χ2n) is 6.24. The summed E-state index contributed by atoms with van der Waals surface area (Å²) in [6, 6.07) is 7.67. The van der Waals surface area contributed by atoms with Crippen molar-refractivity contribution in [1.29, 1.82) is 10.8 Å². The third-order valence-corrected chi connectivity index (χ3v) is 4.26. The Kier molecular flexibility index (Phi) is 5.50. The second-order valence-corrected chi connectivity index (χ2v) is 6.24. The smallest absolute Gasteiger partial charge is 0.273 e. The van der Waals surface area contributed by atoms with E-state index in [1.807, 2.05) is 24.3 Å². The number of hydrogen-bond donors (Lipinski definition) is 2. The highest BCUT2D eigenvalue weighted by Crippen LogP contribution is 2.19. The Labute approximate surface area is 151 Å². The van der Waals surface area contributed by atoms with E-state index in [1.54, 1.807) is 9.36 Å². The monoisotopic (exact) mass is 356 g/mol. The molecule has 0 spiro atoms. The van der Waals surface area contributed by atoms with Gasteiger partial charge in [-0.05, 0) is 18.2 Å². The van der Waals surface area contributed by atoms with Crippen LogP contribution in [0.2, 0.25) is 0 Å². The average molecular weight is 356 g/mol. The van der Waals surface area contributed by atoms with Gasteiger partial charge in [0.2, 0.25) is 0 Å². The number of hydrogen-bond acceptors (Lipinski definition) is 4. The molecule has 0 radical (unpaired) electrons. The van der Waals surface area contributed by atoms with E-state index in [2.05, 4.69) is 24.4 Å². The fourth-order valence-electron chi connectivity index (χ4n) is 2.88. The molecule has 0 amide bonds. The van der Waals surface area contributed by atoms with Crippen molar-refractivity contribution in [3.63, 3.8) is 0 Å². The Morgan fingerprint density at radius 3 is 1.73 bits per heavy atom. The van der Waals surface area contributed by atoms with Crippen LogP contribution < -0.4 is 31.0 Å². The van der Waals surface area contributed by atoms with E-state index in [0.29, 0.717) is 24.5 Å². The van der Waals surface area contributed by atoms with Crippen LogP contribution in [0.15, 0.2) is 33.3 Å². The Bertz CT molecular complexity index is 902. The number of rotatable bonds is 8. The van der Waals surface area contributed by atoms with E-state index in [-0.39, 0.29) is 11.1 Å². The molecule has 8 nitrogen and oxygen atoms in total. The molecule has 2 aromatic heterocycles. The van der Waals surface area contributed by atoms with Crippen molar-refractivity contribution in [2.45, 2.75) is 52.6 Å². The fourth-order valence-corrected chi connectivity index (χ4v) is 2.88. The first kappa shape index (κ1) is 17.9. The molecule has 8 heteroatoms. The van der Waals surface area contributed by atoms with E-state index in [1.165, 1.54) is 0 Å². The van der Waals surface area contributed by atoms with Gasteiger partial charge in [0.15, 0.2) is 0 Å². The van der Waals surface area contributed by atoms with E-state index < -0.39 is 0 Å². The van der Waals surface area contributed by atoms with E-state index in [4.69, 9.17) is 19.9 Å². The number of nitrogens with one attached hydrogen (secondary N) is 2. The normalized spacial score (nSPS) is 11.2. The Morgan fingerprint density at radius 2 is 1.31 bits per heavy atom. The van der Waals surface area contributed by atoms with E-state index in [9.17, 15) is 0 Å². The Morgan fingerprint density at radius 1 is 0.846 bits per heavy atom. The van der Waals surface area contributed by atoms with Crippen molar-refractivity contribution >= 4 is 0 Å². The summed E-state index contributed by atoms with van der Waals surface area (Å²) >= 11 is 0. The van der Waals surface area contributed by atoms with Crippen molar-refractivity contribution in [2.75, 3.05) is 0 Å². The highest BCUT2D eigenvalue weighted by molar-refractivity contribution is 5.65. The van der Waals surface area contributed by atoms with Crippen LogP contribution >= 0.6 is 0 Å². The maximum absolute atomic E-state index is 8.06. The molecule has 0 bridgehead atoms. The van der Waals surface area contributed by atoms with Gasteiger partial charge in [0.05, 0.1) is 11.1 Å². The number of benzene rings is 1. The predicted octanol–water partition coefficient (Wildman–Crippen LogP) is 1.26. The average Bonchev–Trinajstić information content (AvgIpc) is 3.20. The third-order valence-electron chi connectivity index (χ3n) is 4.26. The molecule has 0 aliphatic heterocycles. The van der Waals surface area contributed by atoms with Crippen molar-refractivity contribution in [3.05, 3.63) is 35.4 Å². The van der Waals surface area contributed by atoms with Crippen LogP contribution in [0.5, 0.6) is 0 Å². The van der Waals surface area contributed by atoms with Crippen LogP contribution in [0.4, 0.5) is 0 Å². The number of aryl methyl sites for hydroxylation is 2. The van der Waals surface area contributed by atoms with Crippen molar-refractivity contribution in [2.24, 2.45) is 0 Å². The quantitative estimate of drug-likeness (QED) is 0.592. The van der Waals surface area contributed by atoms with E-state index >= 15 is 0 Å². The van der Waals surface area contributed by atoms with Gasteiger partial charge in [-0.2, -0.15) is 0 Å². The maximum atomic E-state index is 8.06. The summed E-state index contributed by atoms with van der Waals surface area (Å²) in [7, 11) is 0. The lowest BCUT2D eigenvalue weighted by atomic mass is 10.1. The first-order valence-corrected chi connectivity index (χ1v) is 8.99. The van der Waals surface area contributed by atoms with Gasteiger partial charge in [0, 0.05) is 12.8 Å². The minimum Gasteiger partial charge on any atom is -0.486 e. The molecule has 0 unspecified atom stereocenters. The molecule has 2 heterocycles. The van der Waals surface area contributed by atoms with Gasteiger partial charge in [-0.1, -0.05) is 32.8 Å². The zero-order chi connectivity index (χ0) is 18.5. The lowest BCUT2D eigenvalue weighted by molar-refractivity contribution is -0.758. The SMILES string of the molecule is CCCC[n+]1[n-]oc(=N)c1-c1cccc(-c2c(=N)o[n-][n+]2CCCC)c1. The van der Waals surface area contributed by atoms with Gasteiger partial charge in [-0.3, -0.25) is 21.4 Å². The Hall–Kier alpha value is -2.90. The molecule has 2 N–H and O–H groups in total. The van der Waals surface area contributed by atoms with Gasteiger partial charge < -0.3 is 9.05 Å². The molecule has 1 aromatic carbocycles. The lowest BCUT2D eigenvalue weighted by Crippen LogP contribution is -2.41. The topological polar surface area (TPSA) is 110 Å². The summed E-state index contributed by atoms with van der Waals surface area (Å²) in [4.78, 5) is 0. The van der Waals surface area contributed by atoms with Gasteiger partial charge in [-0.15, -0.1) is 0 Å². The number of unbranched alkanes of at least 4 members (excludes halogenated alkanes) is 2. The minimum absolute atomic E-state index is 0.0357. The van der Waals surface area contributed by atoms with Crippen LogP contribution in [0.1, 0.15) is 39.5 Å². The van der Waals surface area contributed by atoms with Gasteiger partial charge in [-0.25, -0.2) is 9.36 Å². The molecule has 0 saturated heterocycles.